The molecule has 1 saturated carbocycles. The summed E-state index contributed by atoms with van der Waals surface area (Å²) in [7, 11) is -4.62. The van der Waals surface area contributed by atoms with Crippen molar-refractivity contribution in [3.05, 3.63) is 28.3 Å². The van der Waals surface area contributed by atoms with Gasteiger partial charge < -0.3 is 4.74 Å². The summed E-state index contributed by atoms with van der Waals surface area (Å²) in [4.78, 5) is 10.5. The van der Waals surface area contributed by atoms with Crippen LogP contribution in [0, 0.1) is 17.6 Å². The van der Waals surface area contributed by atoms with Crippen LogP contribution >= 0.6 is 11.6 Å². The SMILES string of the molecule is NS(=O)(=O)c1c(F)c(F)cc(C(=O)OCCC2CC2)c1Cl. The molecule has 2 N–H and O–H groups in total. The molecule has 0 atom stereocenters. The van der Waals surface area contributed by atoms with Crippen molar-refractivity contribution in [2.45, 2.75) is 24.2 Å². The number of carbonyl (C=O) groups is 1. The molecule has 0 unspecified atom stereocenters. The zero-order valence-corrected chi connectivity index (χ0v) is 12.3. The predicted octanol–water partition coefficient (Wildman–Crippen LogP) is 2.22. The lowest BCUT2D eigenvalue weighted by molar-refractivity contribution is 0.0494. The molecule has 0 aliphatic heterocycles. The van der Waals surface area contributed by atoms with Crippen LogP contribution in [0.3, 0.4) is 0 Å². The maximum Gasteiger partial charge on any atom is 0.339 e. The molecule has 0 saturated heterocycles. The van der Waals surface area contributed by atoms with Crippen molar-refractivity contribution >= 4 is 27.6 Å². The zero-order chi connectivity index (χ0) is 15.8. The summed E-state index contributed by atoms with van der Waals surface area (Å²) in [6.45, 7) is 0.101. The second-order valence-electron chi connectivity index (χ2n) is 4.78. The Morgan fingerprint density at radius 1 is 1.43 bits per heavy atom. The van der Waals surface area contributed by atoms with Crippen LogP contribution in [0.25, 0.3) is 0 Å². The smallest absolute Gasteiger partial charge is 0.339 e. The Kier molecular flexibility index (Phi) is 4.50. The maximum atomic E-state index is 13.5. The highest BCUT2D eigenvalue weighted by Gasteiger charge is 2.29. The van der Waals surface area contributed by atoms with Gasteiger partial charge in [-0.2, -0.15) is 0 Å². The van der Waals surface area contributed by atoms with Crippen molar-refractivity contribution in [2.75, 3.05) is 6.61 Å². The third-order valence-corrected chi connectivity index (χ3v) is 4.53. The molecule has 0 spiro atoms. The van der Waals surface area contributed by atoms with E-state index in [0.29, 0.717) is 18.4 Å². The molecule has 0 heterocycles. The van der Waals surface area contributed by atoms with E-state index in [1.165, 1.54) is 0 Å². The number of rotatable bonds is 5. The molecule has 0 aromatic heterocycles. The fourth-order valence-electron chi connectivity index (χ4n) is 1.78. The predicted molar refractivity (Wildman–Crippen MR) is 70.4 cm³/mol. The van der Waals surface area contributed by atoms with Gasteiger partial charge in [-0.25, -0.2) is 27.1 Å². The average Bonchev–Trinajstić information content (AvgIpc) is 3.16. The third kappa shape index (κ3) is 3.69. The highest BCUT2D eigenvalue weighted by Crippen LogP contribution is 2.33. The maximum absolute atomic E-state index is 13.5. The number of sulfonamides is 1. The molecule has 1 aromatic carbocycles. The average molecular weight is 340 g/mol. The van der Waals surface area contributed by atoms with Crippen molar-refractivity contribution in [3.8, 4) is 0 Å². The summed E-state index contributed by atoms with van der Waals surface area (Å²) < 4.78 is 54.3. The Morgan fingerprint density at radius 2 is 2.05 bits per heavy atom. The fraction of sp³-hybridized carbons (Fsp3) is 0.417. The zero-order valence-electron chi connectivity index (χ0n) is 10.7. The lowest BCUT2D eigenvalue weighted by Crippen LogP contribution is -2.18. The van der Waals surface area contributed by atoms with Gasteiger partial charge in [0, 0.05) is 0 Å². The molecular formula is C12H12ClF2NO4S. The van der Waals surface area contributed by atoms with Gasteiger partial charge in [0.25, 0.3) is 0 Å². The van der Waals surface area contributed by atoms with E-state index in [9.17, 15) is 22.0 Å². The van der Waals surface area contributed by atoms with E-state index in [4.69, 9.17) is 21.5 Å². The van der Waals surface area contributed by atoms with Gasteiger partial charge in [-0.05, 0) is 18.4 Å². The molecule has 0 bridgehead atoms. The van der Waals surface area contributed by atoms with E-state index in [2.05, 4.69) is 0 Å². The van der Waals surface area contributed by atoms with Crippen LogP contribution in [0.15, 0.2) is 11.0 Å². The molecule has 0 radical (unpaired) electrons. The number of benzene rings is 1. The van der Waals surface area contributed by atoms with E-state index in [0.717, 1.165) is 12.8 Å². The molecule has 0 amide bonds. The molecular weight excluding hydrogens is 328 g/mol. The molecule has 2 rings (SSSR count). The standard InChI is InChI=1S/C12H12ClF2NO4S/c13-9-7(12(17)20-4-3-6-1-2-6)5-8(14)10(15)11(9)21(16,18)19/h5-6H,1-4H2,(H2,16,18,19). The van der Waals surface area contributed by atoms with Gasteiger partial charge >= 0.3 is 5.97 Å². The first kappa shape index (κ1) is 16.1. The number of ether oxygens (including phenoxy) is 1. The molecule has 5 nitrogen and oxygen atoms in total. The van der Waals surface area contributed by atoms with Crippen molar-refractivity contribution in [2.24, 2.45) is 11.1 Å². The van der Waals surface area contributed by atoms with E-state index < -0.39 is 43.1 Å². The van der Waals surface area contributed by atoms with Gasteiger partial charge in [-0.1, -0.05) is 24.4 Å². The third-order valence-electron chi connectivity index (χ3n) is 3.08. The number of hydrogen-bond donors (Lipinski definition) is 1. The Morgan fingerprint density at radius 3 is 2.57 bits per heavy atom. The van der Waals surface area contributed by atoms with E-state index in [-0.39, 0.29) is 6.61 Å². The first-order chi connectivity index (χ1) is 9.71. The van der Waals surface area contributed by atoms with E-state index in [1.54, 1.807) is 0 Å². The Labute approximate surface area is 125 Å². The van der Waals surface area contributed by atoms with Crippen molar-refractivity contribution < 1.29 is 26.7 Å². The lowest BCUT2D eigenvalue weighted by Gasteiger charge is -2.10. The van der Waals surface area contributed by atoms with Gasteiger partial charge in [0.15, 0.2) is 11.6 Å². The summed E-state index contributed by atoms with van der Waals surface area (Å²) in [6.07, 6.45) is 2.80. The first-order valence-electron chi connectivity index (χ1n) is 6.09. The highest BCUT2D eigenvalue weighted by molar-refractivity contribution is 7.89. The quantitative estimate of drug-likeness (QED) is 0.658. The molecule has 1 fully saturated rings. The molecule has 1 aliphatic rings. The first-order valence-corrected chi connectivity index (χ1v) is 8.01. The largest absolute Gasteiger partial charge is 0.462 e. The molecule has 116 valence electrons. The van der Waals surface area contributed by atoms with Gasteiger partial charge in [-0.3, -0.25) is 0 Å². The monoisotopic (exact) mass is 339 g/mol. The van der Waals surface area contributed by atoms with Crippen LogP contribution in [-0.2, 0) is 14.8 Å². The lowest BCUT2D eigenvalue weighted by atomic mass is 10.2. The van der Waals surface area contributed by atoms with Gasteiger partial charge in [-0.15, -0.1) is 0 Å². The Hall–Kier alpha value is -1.25. The number of halogens is 3. The van der Waals surface area contributed by atoms with Crippen molar-refractivity contribution in [1.29, 1.82) is 0 Å². The van der Waals surface area contributed by atoms with Gasteiger partial charge in [0.1, 0.15) is 4.90 Å². The molecule has 1 aromatic rings. The normalized spacial score (nSPS) is 15.0. The second kappa shape index (κ2) is 5.86. The van der Waals surface area contributed by atoms with Crippen LogP contribution in [0.5, 0.6) is 0 Å². The Balaban J connectivity index is 2.30. The summed E-state index contributed by atoms with van der Waals surface area (Å²) in [5, 5.41) is 3.99. The minimum Gasteiger partial charge on any atom is -0.462 e. The summed E-state index contributed by atoms with van der Waals surface area (Å²) in [6, 6.07) is 0.492. The molecule has 1 aliphatic carbocycles. The number of nitrogens with two attached hydrogens (primary N) is 1. The van der Waals surface area contributed by atoms with Crippen LogP contribution in [-0.4, -0.2) is 21.0 Å². The number of primary sulfonamides is 1. The summed E-state index contributed by atoms with van der Waals surface area (Å²) in [5.74, 6) is -3.78. The summed E-state index contributed by atoms with van der Waals surface area (Å²) >= 11 is 5.65. The fourth-order valence-corrected chi connectivity index (χ4v) is 3.03. The second-order valence-corrected chi connectivity index (χ2v) is 6.65. The van der Waals surface area contributed by atoms with Crippen LogP contribution in [0.1, 0.15) is 29.6 Å². The number of hydrogen-bond acceptors (Lipinski definition) is 4. The number of esters is 1. The van der Waals surface area contributed by atoms with E-state index in [1.807, 2.05) is 0 Å². The highest BCUT2D eigenvalue weighted by atomic mass is 35.5. The van der Waals surface area contributed by atoms with Crippen molar-refractivity contribution in [1.82, 2.24) is 0 Å². The minimum atomic E-state index is -4.62. The van der Waals surface area contributed by atoms with Crippen LogP contribution in [0.4, 0.5) is 8.78 Å². The summed E-state index contributed by atoms with van der Waals surface area (Å²) in [5.41, 5.74) is -0.574. The van der Waals surface area contributed by atoms with Crippen molar-refractivity contribution in [3.63, 3.8) is 0 Å². The minimum absolute atomic E-state index is 0.101. The molecule has 21 heavy (non-hydrogen) atoms. The van der Waals surface area contributed by atoms with Gasteiger partial charge in [0.2, 0.25) is 10.0 Å². The topological polar surface area (TPSA) is 86.5 Å². The Bertz CT molecular complexity index is 689. The molecule has 9 heteroatoms. The van der Waals surface area contributed by atoms with E-state index >= 15 is 0 Å². The van der Waals surface area contributed by atoms with Gasteiger partial charge in [0.05, 0.1) is 17.2 Å². The van der Waals surface area contributed by atoms with Crippen LogP contribution in [0.2, 0.25) is 5.02 Å². The number of carbonyl (C=O) groups excluding carboxylic acids is 1. The van der Waals surface area contributed by atoms with Crippen LogP contribution < -0.4 is 5.14 Å².